The molecule has 0 unspecified atom stereocenters. The van der Waals surface area contributed by atoms with Crippen LogP contribution in [0.25, 0.3) is 17.2 Å². The summed E-state index contributed by atoms with van der Waals surface area (Å²) >= 11 is 0. The fourth-order valence-electron chi connectivity index (χ4n) is 3.72. The fourth-order valence-corrected chi connectivity index (χ4v) is 3.72. The first-order chi connectivity index (χ1) is 15.1. The van der Waals surface area contributed by atoms with E-state index in [1.54, 1.807) is 12.1 Å². The predicted molar refractivity (Wildman–Crippen MR) is 118 cm³/mol. The Bertz CT molecular complexity index is 1080. The van der Waals surface area contributed by atoms with Crippen LogP contribution in [0.5, 0.6) is 0 Å². The Hall–Kier alpha value is -4.00. The summed E-state index contributed by atoms with van der Waals surface area (Å²) in [5.41, 5.74) is 5.31. The number of aromatic nitrogens is 1. The lowest BCUT2D eigenvalue weighted by Crippen LogP contribution is -2.26. The molecule has 0 radical (unpaired) electrons. The van der Waals surface area contributed by atoms with Gasteiger partial charge in [-0.3, -0.25) is 10.1 Å². The largest absolute Gasteiger partial charge is 0.449 e. The second-order valence-corrected chi connectivity index (χ2v) is 7.14. The first kappa shape index (κ1) is 20.3. The molecule has 0 aliphatic heterocycles. The van der Waals surface area contributed by atoms with E-state index in [0.717, 1.165) is 0 Å². The van der Waals surface area contributed by atoms with Crippen LogP contribution < -0.4 is 5.32 Å². The van der Waals surface area contributed by atoms with Crippen LogP contribution in [0, 0.1) is 10.1 Å². The van der Waals surface area contributed by atoms with Crippen molar-refractivity contribution < 1.29 is 14.5 Å². The number of ether oxygens (including phenoxy) is 1. The number of carbonyl (C=O) groups excluding carboxylic acids is 1. The standard InChI is InChI=1S/C24H21N3O4/c28-24(25-14-6-5-7-17-12-13-18(15-26-17)27(29)30)31-16-23-21-10-3-1-8-19(21)20-9-2-4-11-22(20)23/h1-5,7-13,15,23H,6,14,16H2,(H,25,28). The molecule has 0 atom stereocenters. The minimum absolute atomic E-state index is 0.0336. The number of alkyl carbamates (subject to hydrolysis) is 1. The molecule has 1 heterocycles. The monoisotopic (exact) mass is 415 g/mol. The van der Waals surface area contributed by atoms with Crippen molar-refractivity contribution in [2.24, 2.45) is 0 Å². The predicted octanol–water partition coefficient (Wildman–Crippen LogP) is 4.93. The van der Waals surface area contributed by atoms with E-state index in [1.807, 2.05) is 30.3 Å². The van der Waals surface area contributed by atoms with Crippen LogP contribution in [0.1, 0.15) is 29.2 Å². The molecule has 7 heteroatoms. The topological polar surface area (TPSA) is 94.4 Å². The van der Waals surface area contributed by atoms with Crippen molar-refractivity contribution in [1.82, 2.24) is 10.3 Å². The highest BCUT2D eigenvalue weighted by molar-refractivity contribution is 5.79. The third-order valence-electron chi connectivity index (χ3n) is 5.19. The second kappa shape index (κ2) is 9.21. The molecule has 2 aromatic carbocycles. The Morgan fingerprint density at radius 2 is 1.74 bits per heavy atom. The quantitative estimate of drug-likeness (QED) is 0.335. The number of nitro groups is 1. The molecule has 0 saturated carbocycles. The lowest BCUT2D eigenvalue weighted by molar-refractivity contribution is -0.385. The average Bonchev–Trinajstić information content (AvgIpc) is 3.11. The molecule has 1 aliphatic carbocycles. The van der Waals surface area contributed by atoms with Crippen LogP contribution in [0.4, 0.5) is 10.5 Å². The van der Waals surface area contributed by atoms with Gasteiger partial charge in [0.15, 0.2) is 0 Å². The van der Waals surface area contributed by atoms with E-state index in [9.17, 15) is 14.9 Å². The van der Waals surface area contributed by atoms with Gasteiger partial charge in [0, 0.05) is 18.5 Å². The average molecular weight is 415 g/mol. The number of carbonyl (C=O) groups is 1. The number of nitrogens with zero attached hydrogens (tertiary/aromatic N) is 2. The molecule has 0 bridgehead atoms. The van der Waals surface area contributed by atoms with Gasteiger partial charge in [-0.15, -0.1) is 0 Å². The highest BCUT2D eigenvalue weighted by Crippen LogP contribution is 2.44. The van der Waals surface area contributed by atoms with Gasteiger partial charge >= 0.3 is 6.09 Å². The van der Waals surface area contributed by atoms with Crippen molar-refractivity contribution in [3.63, 3.8) is 0 Å². The van der Waals surface area contributed by atoms with Crippen molar-refractivity contribution in [1.29, 1.82) is 0 Å². The van der Waals surface area contributed by atoms with E-state index < -0.39 is 11.0 Å². The highest BCUT2D eigenvalue weighted by atomic mass is 16.6. The van der Waals surface area contributed by atoms with Gasteiger partial charge < -0.3 is 10.1 Å². The zero-order valence-corrected chi connectivity index (χ0v) is 16.7. The van der Waals surface area contributed by atoms with E-state index in [0.29, 0.717) is 18.7 Å². The molecular formula is C24H21N3O4. The number of pyridine rings is 1. The van der Waals surface area contributed by atoms with Crippen molar-refractivity contribution in [2.45, 2.75) is 12.3 Å². The van der Waals surface area contributed by atoms with Crippen LogP contribution in [-0.2, 0) is 4.74 Å². The highest BCUT2D eigenvalue weighted by Gasteiger charge is 2.28. The summed E-state index contributed by atoms with van der Waals surface area (Å²) in [4.78, 5) is 26.3. The van der Waals surface area contributed by atoms with E-state index in [2.05, 4.69) is 34.6 Å². The minimum Gasteiger partial charge on any atom is -0.449 e. The normalized spacial score (nSPS) is 12.4. The molecule has 3 aromatic rings. The molecule has 1 aromatic heterocycles. The molecule has 0 saturated heterocycles. The summed E-state index contributed by atoms with van der Waals surface area (Å²) in [6.07, 6.45) is 4.95. The number of hydrogen-bond donors (Lipinski definition) is 1. The number of nitrogens with one attached hydrogen (secondary N) is 1. The van der Waals surface area contributed by atoms with Crippen molar-refractivity contribution in [3.8, 4) is 11.1 Å². The number of fused-ring (bicyclic) bond motifs is 3. The Morgan fingerprint density at radius 1 is 1.06 bits per heavy atom. The lowest BCUT2D eigenvalue weighted by Gasteiger charge is -2.14. The summed E-state index contributed by atoms with van der Waals surface area (Å²) < 4.78 is 5.49. The number of amides is 1. The maximum Gasteiger partial charge on any atom is 0.407 e. The fraction of sp³-hybridized carbons (Fsp3) is 0.167. The first-order valence-corrected chi connectivity index (χ1v) is 9.99. The molecule has 4 rings (SSSR count). The van der Waals surface area contributed by atoms with Gasteiger partial charge in [-0.1, -0.05) is 54.6 Å². The van der Waals surface area contributed by atoms with Gasteiger partial charge in [0.2, 0.25) is 0 Å². The molecule has 1 aliphatic rings. The Labute approximate surface area is 179 Å². The Morgan fingerprint density at radius 3 is 2.35 bits per heavy atom. The van der Waals surface area contributed by atoms with Crippen molar-refractivity contribution >= 4 is 17.9 Å². The second-order valence-electron chi connectivity index (χ2n) is 7.14. The zero-order valence-electron chi connectivity index (χ0n) is 16.7. The van der Waals surface area contributed by atoms with Crippen LogP contribution in [0.3, 0.4) is 0 Å². The molecule has 31 heavy (non-hydrogen) atoms. The minimum atomic E-state index is -0.487. The maximum atomic E-state index is 12.1. The molecule has 1 N–H and O–H groups in total. The van der Waals surface area contributed by atoms with Gasteiger partial charge in [-0.25, -0.2) is 9.78 Å². The van der Waals surface area contributed by atoms with Crippen molar-refractivity contribution in [3.05, 3.63) is 99.9 Å². The lowest BCUT2D eigenvalue weighted by atomic mass is 9.98. The summed E-state index contributed by atoms with van der Waals surface area (Å²) in [6, 6.07) is 19.4. The maximum absolute atomic E-state index is 12.1. The summed E-state index contributed by atoms with van der Waals surface area (Å²) in [6.45, 7) is 0.697. The van der Waals surface area contributed by atoms with E-state index in [-0.39, 0.29) is 18.2 Å². The third kappa shape index (κ3) is 4.61. The molecule has 0 spiro atoms. The SMILES string of the molecule is O=C(NCCC=Cc1ccc([N+](=O)[O-])cn1)OCC1c2ccccc2-c2ccccc21. The van der Waals surface area contributed by atoms with Crippen LogP contribution in [-0.4, -0.2) is 29.2 Å². The van der Waals surface area contributed by atoms with Crippen molar-refractivity contribution in [2.75, 3.05) is 13.2 Å². The molecule has 7 nitrogen and oxygen atoms in total. The van der Waals surface area contributed by atoms with E-state index in [1.165, 1.54) is 34.5 Å². The Kier molecular flexibility index (Phi) is 6.03. The zero-order chi connectivity index (χ0) is 21.6. The summed E-state index contributed by atoms with van der Waals surface area (Å²) in [5.74, 6) is 0.0336. The molecular weight excluding hydrogens is 394 g/mol. The number of hydrogen-bond acceptors (Lipinski definition) is 5. The van der Waals surface area contributed by atoms with E-state index >= 15 is 0 Å². The molecule has 1 amide bonds. The Balaban J connectivity index is 1.25. The van der Waals surface area contributed by atoms with Gasteiger partial charge in [0.1, 0.15) is 12.8 Å². The van der Waals surface area contributed by atoms with Crippen LogP contribution in [0.15, 0.2) is 72.9 Å². The van der Waals surface area contributed by atoms with Gasteiger partial charge in [0.05, 0.1) is 10.6 Å². The number of benzene rings is 2. The van der Waals surface area contributed by atoms with Gasteiger partial charge in [-0.05, 0) is 40.8 Å². The summed E-state index contributed by atoms with van der Waals surface area (Å²) in [7, 11) is 0. The van der Waals surface area contributed by atoms with Crippen LogP contribution in [0.2, 0.25) is 0 Å². The van der Waals surface area contributed by atoms with Gasteiger partial charge in [-0.2, -0.15) is 0 Å². The molecule has 156 valence electrons. The van der Waals surface area contributed by atoms with Crippen LogP contribution >= 0.6 is 0 Å². The molecule has 0 fully saturated rings. The summed E-state index contributed by atoms with van der Waals surface area (Å²) in [5, 5.41) is 13.4. The third-order valence-corrected chi connectivity index (χ3v) is 5.19. The van der Waals surface area contributed by atoms with Gasteiger partial charge in [0.25, 0.3) is 5.69 Å². The smallest absolute Gasteiger partial charge is 0.407 e. The number of rotatable bonds is 7. The first-order valence-electron chi connectivity index (χ1n) is 9.99. The van der Waals surface area contributed by atoms with E-state index in [4.69, 9.17) is 4.74 Å².